The SMILES string of the molecule is CCNc1nccc(N2CCCCC2CO)n1. The number of aliphatic hydroxyl groups excluding tert-OH is 1. The second-order valence-electron chi connectivity index (χ2n) is 4.29. The molecule has 0 radical (unpaired) electrons. The number of piperidine rings is 1. The largest absolute Gasteiger partial charge is 0.394 e. The van der Waals surface area contributed by atoms with Gasteiger partial charge in [-0.1, -0.05) is 0 Å². The van der Waals surface area contributed by atoms with Gasteiger partial charge in [-0.2, -0.15) is 4.98 Å². The van der Waals surface area contributed by atoms with Gasteiger partial charge >= 0.3 is 0 Å². The average Bonchev–Trinajstić information content (AvgIpc) is 2.39. The van der Waals surface area contributed by atoms with Crippen LogP contribution in [0.4, 0.5) is 11.8 Å². The van der Waals surface area contributed by atoms with Crippen molar-refractivity contribution in [1.82, 2.24) is 9.97 Å². The highest BCUT2D eigenvalue weighted by atomic mass is 16.3. The molecule has 1 aliphatic heterocycles. The third-order valence-electron chi connectivity index (χ3n) is 3.11. The van der Waals surface area contributed by atoms with Crippen LogP contribution >= 0.6 is 0 Å². The number of anilines is 2. The molecule has 17 heavy (non-hydrogen) atoms. The first-order valence-electron chi connectivity index (χ1n) is 6.29. The molecule has 0 saturated carbocycles. The van der Waals surface area contributed by atoms with Gasteiger partial charge in [0.1, 0.15) is 5.82 Å². The van der Waals surface area contributed by atoms with Gasteiger partial charge in [-0.25, -0.2) is 4.98 Å². The number of aromatic nitrogens is 2. The summed E-state index contributed by atoms with van der Waals surface area (Å²) in [6, 6.07) is 2.11. The Hall–Kier alpha value is -1.36. The molecule has 1 saturated heterocycles. The van der Waals surface area contributed by atoms with Gasteiger partial charge in [0, 0.05) is 19.3 Å². The van der Waals surface area contributed by atoms with Crippen molar-refractivity contribution in [3.63, 3.8) is 0 Å². The Bertz CT molecular complexity index is 358. The molecule has 0 aliphatic carbocycles. The molecule has 5 nitrogen and oxygen atoms in total. The van der Waals surface area contributed by atoms with Crippen LogP contribution in [0.2, 0.25) is 0 Å². The van der Waals surface area contributed by atoms with Gasteiger partial charge < -0.3 is 15.3 Å². The van der Waals surface area contributed by atoms with E-state index < -0.39 is 0 Å². The maximum absolute atomic E-state index is 9.39. The molecule has 94 valence electrons. The van der Waals surface area contributed by atoms with Crippen molar-refractivity contribution in [2.45, 2.75) is 32.2 Å². The van der Waals surface area contributed by atoms with Gasteiger partial charge in [-0.15, -0.1) is 0 Å². The molecule has 0 amide bonds. The van der Waals surface area contributed by atoms with Crippen molar-refractivity contribution >= 4 is 11.8 Å². The second kappa shape index (κ2) is 5.82. The van der Waals surface area contributed by atoms with Crippen LogP contribution in [0.3, 0.4) is 0 Å². The molecule has 0 spiro atoms. The van der Waals surface area contributed by atoms with Gasteiger partial charge in [0.05, 0.1) is 12.6 Å². The third kappa shape index (κ3) is 2.85. The molecule has 2 heterocycles. The maximum atomic E-state index is 9.39. The number of hydrogen-bond donors (Lipinski definition) is 2. The molecule has 0 aromatic carbocycles. The van der Waals surface area contributed by atoms with Gasteiger partial charge in [0.25, 0.3) is 0 Å². The fourth-order valence-corrected chi connectivity index (χ4v) is 2.24. The lowest BCUT2D eigenvalue weighted by molar-refractivity contribution is 0.239. The van der Waals surface area contributed by atoms with E-state index in [0.717, 1.165) is 31.7 Å². The van der Waals surface area contributed by atoms with Crippen LogP contribution in [0, 0.1) is 0 Å². The highest BCUT2D eigenvalue weighted by molar-refractivity contribution is 5.43. The zero-order valence-corrected chi connectivity index (χ0v) is 10.3. The molecule has 2 rings (SSSR count). The van der Waals surface area contributed by atoms with Crippen LogP contribution in [0.15, 0.2) is 12.3 Å². The van der Waals surface area contributed by atoms with Crippen molar-refractivity contribution in [1.29, 1.82) is 0 Å². The molecule has 1 fully saturated rings. The normalized spacial score (nSPS) is 20.4. The molecule has 0 bridgehead atoms. The predicted octanol–water partition coefficient (Wildman–Crippen LogP) is 1.26. The van der Waals surface area contributed by atoms with E-state index in [2.05, 4.69) is 20.2 Å². The van der Waals surface area contributed by atoms with E-state index in [1.807, 2.05) is 13.0 Å². The number of rotatable bonds is 4. The van der Waals surface area contributed by atoms with E-state index in [0.29, 0.717) is 5.95 Å². The summed E-state index contributed by atoms with van der Waals surface area (Å²) in [5.74, 6) is 1.57. The maximum Gasteiger partial charge on any atom is 0.224 e. The molecule has 1 aromatic heterocycles. The quantitative estimate of drug-likeness (QED) is 0.824. The average molecular weight is 236 g/mol. The fraction of sp³-hybridized carbons (Fsp3) is 0.667. The number of hydrogen-bond acceptors (Lipinski definition) is 5. The van der Waals surface area contributed by atoms with Crippen molar-refractivity contribution in [2.75, 3.05) is 29.9 Å². The first-order chi connectivity index (χ1) is 8.35. The first kappa shape index (κ1) is 12.1. The lowest BCUT2D eigenvalue weighted by Crippen LogP contribution is -2.42. The summed E-state index contributed by atoms with van der Waals surface area (Å²) in [6.45, 7) is 3.99. The lowest BCUT2D eigenvalue weighted by atomic mass is 10.0. The van der Waals surface area contributed by atoms with Crippen LogP contribution in [-0.4, -0.2) is 40.8 Å². The van der Waals surface area contributed by atoms with Gasteiger partial charge in [0.15, 0.2) is 0 Å². The Kier molecular flexibility index (Phi) is 4.14. The number of nitrogens with one attached hydrogen (secondary N) is 1. The van der Waals surface area contributed by atoms with Crippen molar-refractivity contribution in [3.05, 3.63) is 12.3 Å². The van der Waals surface area contributed by atoms with Crippen LogP contribution in [0.5, 0.6) is 0 Å². The highest BCUT2D eigenvalue weighted by Crippen LogP contribution is 2.23. The van der Waals surface area contributed by atoms with E-state index in [1.54, 1.807) is 6.20 Å². The summed E-state index contributed by atoms with van der Waals surface area (Å²) in [5, 5.41) is 12.5. The van der Waals surface area contributed by atoms with Gasteiger partial charge in [-0.05, 0) is 32.3 Å². The standard InChI is InChI=1S/C12H20N4O/c1-2-13-12-14-7-6-11(15-12)16-8-4-3-5-10(16)9-17/h6-7,10,17H,2-5,8-9H2,1H3,(H,13,14,15). The Morgan fingerprint density at radius 1 is 1.53 bits per heavy atom. The molecule has 1 unspecified atom stereocenters. The summed E-state index contributed by atoms with van der Waals surface area (Å²) >= 11 is 0. The molecule has 1 aromatic rings. The minimum atomic E-state index is 0.195. The molecular formula is C12H20N4O. The summed E-state index contributed by atoms with van der Waals surface area (Å²) in [6.07, 6.45) is 5.16. The van der Waals surface area contributed by atoms with E-state index in [4.69, 9.17) is 0 Å². The molecule has 5 heteroatoms. The van der Waals surface area contributed by atoms with Gasteiger partial charge in [-0.3, -0.25) is 0 Å². The fourth-order valence-electron chi connectivity index (χ4n) is 2.24. The van der Waals surface area contributed by atoms with Crippen molar-refractivity contribution in [3.8, 4) is 0 Å². The summed E-state index contributed by atoms with van der Waals surface area (Å²) in [7, 11) is 0. The van der Waals surface area contributed by atoms with E-state index in [1.165, 1.54) is 6.42 Å². The van der Waals surface area contributed by atoms with Crippen LogP contribution in [0.1, 0.15) is 26.2 Å². The van der Waals surface area contributed by atoms with E-state index in [-0.39, 0.29) is 12.6 Å². The smallest absolute Gasteiger partial charge is 0.224 e. The van der Waals surface area contributed by atoms with E-state index in [9.17, 15) is 5.11 Å². The molecule has 1 atom stereocenters. The monoisotopic (exact) mass is 236 g/mol. The Balaban J connectivity index is 2.16. The van der Waals surface area contributed by atoms with Gasteiger partial charge in [0.2, 0.25) is 5.95 Å². The minimum Gasteiger partial charge on any atom is -0.394 e. The summed E-state index contributed by atoms with van der Waals surface area (Å²) < 4.78 is 0. The Morgan fingerprint density at radius 3 is 3.18 bits per heavy atom. The first-order valence-corrected chi connectivity index (χ1v) is 6.29. The zero-order valence-electron chi connectivity index (χ0n) is 10.3. The van der Waals surface area contributed by atoms with Crippen molar-refractivity contribution < 1.29 is 5.11 Å². The minimum absolute atomic E-state index is 0.195. The Morgan fingerprint density at radius 2 is 2.41 bits per heavy atom. The summed E-state index contributed by atoms with van der Waals surface area (Å²) in [5.41, 5.74) is 0. The predicted molar refractivity (Wildman–Crippen MR) is 68.3 cm³/mol. The Labute approximate surface area is 102 Å². The zero-order chi connectivity index (χ0) is 12.1. The highest BCUT2D eigenvalue weighted by Gasteiger charge is 2.22. The lowest BCUT2D eigenvalue weighted by Gasteiger charge is -2.35. The van der Waals surface area contributed by atoms with Crippen LogP contribution < -0.4 is 10.2 Å². The molecule has 2 N–H and O–H groups in total. The van der Waals surface area contributed by atoms with E-state index >= 15 is 0 Å². The van der Waals surface area contributed by atoms with Crippen LogP contribution in [-0.2, 0) is 0 Å². The van der Waals surface area contributed by atoms with Crippen molar-refractivity contribution in [2.24, 2.45) is 0 Å². The molecule has 1 aliphatic rings. The van der Waals surface area contributed by atoms with Crippen LogP contribution in [0.25, 0.3) is 0 Å². The summed E-state index contributed by atoms with van der Waals surface area (Å²) in [4.78, 5) is 10.8. The molecular weight excluding hydrogens is 216 g/mol. The number of aliphatic hydroxyl groups is 1. The topological polar surface area (TPSA) is 61.3 Å². The third-order valence-corrected chi connectivity index (χ3v) is 3.11. The second-order valence-corrected chi connectivity index (χ2v) is 4.29. The number of nitrogens with zero attached hydrogens (tertiary/aromatic N) is 3.